The molecule has 0 saturated carbocycles. The van der Waals surface area contributed by atoms with E-state index in [1.165, 1.54) is 7.11 Å². The lowest BCUT2D eigenvalue weighted by Gasteiger charge is -2.12. The van der Waals surface area contributed by atoms with Gasteiger partial charge in [0, 0.05) is 5.56 Å². The summed E-state index contributed by atoms with van der Waals surface area (Å²) in [4.78, 5) is 0. The molecule has 78 valence electrons. The standard InChI is InChI=1S/C10H13BrFNO/c1-6-5-8(11)10(14-2)7(3-4-13)9(6)12/h5H,3-4,13H2,1-2H3. The fraction of sp³-hybridized carbons (Fsp3) is 0.400. The zero-order chi connectivity index (χ0) is 10.7. The summed E-state index contributed by atoms with van der Waals surface area (Å²) in [6, 6.07) is 1.70. The lowest BCUT2D eigenvalue weighted by molar-refractivity contribution is 0.401. The number of nitrogens with two attached hydrogens (primary N) is 1. The van der Waals surface area contributed by atoms with Crippen LogP contribution < -0.4 is 10.5 Å². The number of hydrogen-bond acceptors (Lipinski definition) is 2. The molecule has 1 aromatic carbocycles. The van der Waals surface area contributed by atoms with Gasteiger partial charge in [-0.3, -0.25) is 0 Å². The van der Waals surface area contributed by atoms with Gasteiger partial charge in [-0.1, -0.05) is 0 Å². The minimum absolute atomic E-state index is 0.226. The normalized spacial score (nSPS) is 10.4. The van der Waals surface area contributed by atoms with E-state index in [-0.39, 0.29) is 5.82 Å². The van der Waals surface area contributed by atoms with E-state index in [4.69, 9.17) is 10.5 Å². The molecule has 1 rings (SSSR count). The van der Waals surface area contributed by atoms with Crippen LogP contribution in [-0.4, -0.2) is 13.7 Å². The Bertz CT molecular complexity index is 341. The topological polar surface area (TPSA) is 35.2 Å². The maximum Gasteiger partial charge on any atom is 0.139 e. The maximum atomic E-state index is 13.7. The molecule has 1 aromatic rings. The summed E-state index contributed by atoms with van der Waals surface area (Å²) in [5, 5.41) is 0. The lowest BCUT2D eigenvalue weighted by Crippen LogP contribution is -2.07. The molecule has 2 N–H and O–H groups in total. The predicted molar refractivity (Wildman–Crippen MR) is 58.1 cm³/mol. The number of halogens is 2. The van der Waals surface area contributed by atoms with Crippen molar-refractivity contribution in [3.8, 4) is 5.75 Å². The summed E-state index contributed by atoms with van der Waals surface area (Å²) in [5.74, 6) is 0.314. The monoisotopic (exact) mass is 261 g/mol. The van der Waals surface area contributed by atoms with Crippen LogP contribution in [0, 0.1) is 12.7 Å². The minimum atomic E-state index is -0.226. The SMILES string of the molecule is COc1c(Br)cc(C)c(F)c1CCN. The fourth-order valence-corrected chi connectivity index (χ4v) is 2.13. The van der Waals surface area contributed by atoms with Crippen LogP contribution in [0.4, 0.5) is 4.39 Å². The summed E-state index contributed by atoms with van der Waals surface area (Å²) in [7, 11) is 1.52. The number of benzene rings is 1. The third kappa shape index (κ3) is 2.07. The first-order valence-corrected chi connectivity index (χ1v) is 5.12. The maximum absolute atomic E-state index is 13.7. The average Bonchev–Trinajstić information content (AvgIpc) is 2.14. The highest BCUT2D eigenvalue weighted by atomic mass is 79.9. The van der Waals surface area contributed by atoms with Crippen LogP contribution in [-0.2, 0) is 6.42 Å². The van der Waals surface area contributed by atoms with Gasteiger partial charge in [0.25, 0.3) is 0 Å². The van der Waals surface area contributed by atoms with E-state index in [2.05, 4.69) is 15.9 Å². The van der Waals surface area contributed by atoms with Gasteiger partial charge in [-0.25, -0.2) is 4.39 Å². The molecule has 14 heavy (non-hydrogen) atoms. The predicted octanol–water partition coefficient (Wildman–Crippen LogP) is 2.41. The molecule has 0 aliphatic carbocycles. The molecule has 2 nitrogen and oxygen atoms in total. The highest BCUT2D eigenvalue weighted by molar-refractivity contribution is 9.10. The van der Waals surface area contributed by atoms with E-state index >= 15 is 0 Å². The van der Waals surface area contributed by atoms with Crippen molar-refractivity contribution in [3.05, 3.63) is 27.5 Å². The van der Waals surface area contributed by atoms with Crippen molar-refractivity contribution < 1.29 is 9.13 Å². The van der Waals surface area contributed by atoms with Gasteiger partial charge < -0.3 is 10.5 Å². The van der Waals surface area contributed by atoms with E-state index in [9.17, 15) is 4.39 Å². The molecule has 4 heteroatoms. The molecule has 0 unspecified atom stereocenters. The van der Waals surface area contributed by atoms with Gasteiger partial charge in [0.2, 0.25) is 0 Å². The van der Waals surface area contributed by atoms with Crippen LogP contribution in [0.2, 0.25) is 0 Å². The highest BCUT2D eigenvalue weighted by Gasteiger charge is 2.14. The van der Waals surface area contributed by atoms with Crippen LogP contribution in [0.1, 0.15) is 11.1 Å². The molecule has 0 spiro atoms. The Balaban J connectivity index is 3.32. The zero-order valence-electron chi connectivity index (χ0n) is 8.23. The number of ether oxygens (including phenoxy) is 1. The van der Waals surface area contributed by atoms with Crippen molar-refractivity contribution >= 4 is 15.9 Å². The average molecular weight is 262 g/mol. The van der Waals surface area contributed by atoms with E-state index in [1.807, 2.05) is 0 Å². The molecule has 0 saturated heterocycles. The van der Waals surface area contributed by atoms with Gasteiger partial charge in [-0.15, -0.1) is 0 Å². The highest BCUT2D eigenvalue weighted by Crippen LogP contribution is 2.33. The third-order valence-electron chi connectivity index (χ3n) is 2.04. The minimum Gasteiger partial charge on any atom is -0.495 e. The van der Waals surface area contributed by atoms with Crippen LogP contribution in [0.3, 0.4) is 0 Å². The molecular weight excluding hydrogens is 249 g/mol. The Morgan fingerprint density at radius 2 is 2.21 bits per heavy atom. The first-order valence-electron chi connectivity index (χ1n) is 4.33. The lowest BCUT2D eigenvalue weighted by atomic mass is 10.1. The second-order valence-electron chi connectivity index (χ2n) is 3.04. The third-order valence-corrected chi connectivity index (χ3v) is 2.63. The first kappa shape index (κ1) is 11.5. The van der Waals surface area contributed by atoms with Gasteiger partial charge in [0.05, 0.1) is 11.6 Å². The Labute approximate surface area is 91.4 Å². The number of hydrogen-bond donors (Lipinski definition) is 1. The van der Waals surface area contributed by atoms with E-state index in [0.29, 0.717) is 29.8 Å². The van der Waals surface area contributed by atoms with Crippen molar-refractivity contribution in [3.63, 3.8) is 0 Å². The molecule has 0 aliphatic heterocycles. The Hall–Kier alpha value is -0.610. The quantitative estimate of drug-likeness (QED) is 0.907. The number of rotatable bonds is 3. The Morgan fingerprint density at radius 3 is 2.71 bits per heavy atom. The molecule has 0 atom stereocenters. The van der Waals surface area contributed by atoms with E-state index < -0.39 is 0 Å². The largest absolute Gasteiger partial charge is 0.495 e. The summed E-state index contributed by atoms with van der Waals surface area (Å²) in [5.41, 5.74) is 6.56. The number of aryl methyl sites for hydroxylation is 1. The molecule has 0 fully saturated rings. The molecule has 0 amide bonds. The Morgan fingerprint density at radius 1 is 1.57 bits per heavy atom. The van der Waals surface area contributed by atoms with Gasteiger partial charge in [-0.2, -0.15) is 0 Å². The zero-order valence-corrected chi connectivity index (χ0v) is 9.82. The van der Waals surface area contributed by atoms with Crippen molar-refractivity contribution in [1.29, 1.82) is 0 Å². The summed E-state index contributed by atoms with van der Waals surface area (Å²) < 4.78 is 19.5. The van der Waals surface area contributed by atoms with Gasteiger partial charge in [-0.05, 0) is 47.4 Å². The van der Waals surface area contributed by atoms with Crippen LogP contribution in [0.5, 0.6) is 5.75 Å². The molecule has 0 heterocycles. The second-order valence-corrected chi connectivity index (χ2v) is 3.89. The molecular formula is C10H13BrFNO. The van der Waals surface area contributed by atoms with E-state index in [1.54, 1.807) is 13.0 Å². The van der Waals surface area contributed by atoms with Gasteiger partial charge >= 0.3 is 0 Å². The molecule has 0 aliphatic rings. The smallest absolute Gasteiger partial charge is 0.139 e. The van der Waals surface area contributed by atoms with Crippen LogP contribution in [0.15, 0.2) is 10.5 Å². The van der Waals surface area contributed by atoms with Crippen LogP contribution in [0.25, 0.3) is 0 Å². The molecule has 0 aromatic heterocycles. The summed E-state index contributed by atoms with van der Waals surface area (Å²) in [6.07, 6.45) is 0.481. The summed E-state index contributed by atoms with van der Waals surface area (Å²) >= 11 is 3.33. The van der Waals surface area contributed by atoms with Gasteiger partial charge in [0.15, 0.2) is 0 Å². The van der Waals surface area contributed by atoms with Crippen LogP contribution >= 0.6 is 15.9 Å². The Kier molecular flexibility index (Phi) is 3.89. The van der Waals surface area contributed by atoms with Crippen molar-refractivity contribution in [2.45, 2.75) is 13.3 Å². The first-order chi connectivity index (χ1) is 6.61. The van der Waals surface area contributed by atoms with Gasteiger partial charge in [0.1, 0.15) is 11.6 Å². The fourth-order valence-electron chi connectivity index (χ4n) is 1.39. The summed E-state index contributed by atoms with van der Waals surface area (Å²) in [6.45, 7) is 2.13. The van der Waals surface area contributed by atoms with Crippen molar-refractivity contribution in [2.75, 3.05) is 13.7 Å². The molecule has 0 bridgehead atoms. The van der Waals surface area contributed by atoms with E-state index in [0.717, 1.165) is 4.47 Å². The van der Waals surface area contributed by atoms with Crippen molar-refractivity contribution in [1.82, 2.24) is 0 Å². The number of methoxy groups -OCH3 is 1. The van der Waals surface area contributed by atoms with Crippen molar-refractivity contribution in [2.24, 2.45) is 5.73 Å². The second kappa shape index (κ2) is 4.75. The molecule has 0 radical (unpaired) electrons.